The number of benzene rings is 2. The van der Waals surface area contributed by atoms with Gasteiger partial charge in [0.15, 0.2) is 0 Å². The lowest BCUT2D eigenvalue weighted by Gasteiger charge is -2.20. The standard InChI is InChI=1S/C15H16F2N2O/c1-9-5-13(20-2)3-4-14(9)15(19-18)10-6-11(16)8-12(17)7-10/h3-8,15,19H,18H2,1-2H3. The summed E-state index contributed by atoms with van der Waals surface area (Å²) in [6.07, 6.45) is 0. The SMILES string of the molecule is COc1ccc(C(NN)c2cc(F)cc(F)c2)c(C)c1. The highest BCUT2D eigenvalue weighted by molar-refractivity contribution is 5.41. The molecule has 3 nitrogen and oxygen atoms in total. The van der Waals surface area contributed by atoms with Gasteiger partial charge in [0.25, 0.3) is 0 Å². The molecule has 0 aliphatic carbocycles. The quantitative estimate of drug-likeness (QED) is 0.668. The summed E-state index contributed by atoms with van der Waals surface area (Å²) in [6.45, 7) is 1.89. The molecule has 0 saturated carbocycles. The van der Waals surface area contributed by atoms with Gasteiger partial charge >= 0.3 is 0 Å². The van der Waals surface area contributed by atoms with Crippen LogP contribution in [0.15, 0.2) is 36.4 Å². The van der Waals surface area contributed by atoms with Crippen LogP contribution in [0.3, 0.4) is 0 Å². The number of hydrogen-bond acceptors (Lipinski definition) is 3. The number of aryl methyl sites for hydroxylation is 1. The van der Waals surface area contributed by atoms with Gasteiger partial charge < -0.3 is 4.74 Å². The van der Waals surface area contributed by atoms with Crippen LogP contribution in [0.25, 0.3) is 0 Å². The van der Waals surface area contributed by atoms with Gasteiger partial charge in [-0.1, -0.05) is 6.07 Å². The first-order valence-corrected chi connectivity index (χ1v) is 6.12. The maximum absolute atomic E-state index is 13.3. The van der Waals surface area contributed by atoms with Gasteiger partial charge in [0.1, 0.15) is 17.4 Å². The van der Waals surface area contributed by atoms with E-state index in [0.29, 0.717) is 11.3 Å². The van der Waals surface area contributed by atoms with Crippen molar-refractivity contribution in [2.24, 2.45) is 5.84 Å². The van der Waals surface area contributed by atoms with Gasteiger partial charge in [0.05, 0.1) is 13.2 Å². The summed E-state index contributed by atoms with van der Waals surface area (Å²) in [5, 5.41) is 0. The fourth-order valence-electron chi connectivity index (χ4n) is 2.21. The smallest absolute Gasteiger partial charge is 0.126 e. The van der Waals surface area contributed by atoms with E-state index in [1.807, 2.05) is 19.1 Å². The van der Waals surface area contributed by atoms with E-state index in [1.165, 1.54) is 12.1 Å². The van der Waals surface area contributed by atoms with Crippen LogP contribution in [0.4, 0.5) is 8.78 Å². The second kappa shape index (κ2) is 5.98. The highest BCUT2D eigenvalue weighted by atomic mass is 19.1. The topological polar surface area (TPSA) is 47.3 Å². The number of methoxy groups -OCH3 is 1. The number of nitrogens with one attached hydrogen (secondary N) is 1. The maximum Gasteiger partial charge on any atom is 0.126 e. The lowest BCUT2D eigenvalue weighted by molar-refractivity contribution is 0.414. The molecule has 1 unspecified atom stereocenters. The van der Waals surface area contributed by atoms with Crippen molar-refractivity contribution >= 4 is 0 Å². The average Bonchev–Trinajstić information content (AvgIpc) is 2.40. The molecule has 0 aliphatic rings. The Morgan fingerprint density at radius 3 is 2.25 bits per heavy atom. The molecule has 1 atom stereocenters. The molecule has 3 N–H and O–H groups in total. The van der Waals surface area contributed by atoms with E-state index in [9.17, 15) is 8.78 Å². The summed E-state index contributed by atoms with van der Waals surface area (Å²) < 4.78 is 31.8. The summed E-state index contributed by atoms with van der Waals surface area (Å²) >= 11 is 0. The monoisotopic (exact) mass is 278 g/mol. The molecule has 0 aromatic heterocycles. The van der Waals surface area contributed by atoms with Crippen LogP contribution in [0.2, 0.25) is 0 Å². The first kappa shape index (κ1) is 14.4. The zero-order valence-electron chi connectivity index (χ0n) is 11.3. The Morgan fingerprint density at radius 1 is 1.10 bits per heavy atom. The predicted molar refractivity (Wildman–Crippen MR) is 73.3 cm³/mol. The number of rotatable bonds is 4. The average molecular weight is 278 g/mol. The Labute approximate surface area is 116 Å². The van der Waals surface area contributed by atoms with Crippen molar-refractivity contribution in [2.75, 3.05) is 7.11 Å². The molecule has 0 radical (unpaired) electrons. The van der Waals surface area contributed by atoms with E-state index >= 15 is 0 Å². The van der Waals surface area contributed by atoms with Gasteiger partial charge in [-0.3, -0.25) is 5.84 Å². The Kier molecular flexibility index (Phi) is 4.32. The van der Waals surface area contributed by atoms with E-state index < -0.39 is 17.7 Å². The van der Waals surface area contributed by atoms with Crippen LogP contribution in [0.5, 0.6) is 5.75 Å². The molecule has 0 aliphatic heterocycles. The highest BCUT2D eigenvalue weighted by Gasteiger charge is 2.17. The van der Waals surface area contributed by atoms with Gasteiger partial charge in [0, 0.05) is 6.07 Å². The fourth-order valence-corrected chi connectivity index (χ4v) is 2.21. The summed E-state index contributed by atoms with van der Waals surface area (Å²) in [5.74, 6) is 5.00. The van der Waals surface area contributed by atoms with Crippen LogP contribution in [-0.2, 0) is 0 Å². The first-order chi connectivity index (χ1) is 9.55. The van der Waals surface area contributed by atoms with Crippen molar-refractivity contribution in [1.82, 2.24) is 5.43 Å². The number of nitrogens with two attached hydrogens (primary N) is 1. The van der Waals surface area contributed by atoms with Crippen molar-refractivity contribution < 1.29 is 13.5 Å². The van der Waals surface area contributed by atoms with Gasteiger partial charge in [-0.25, -0.2) is 14.2 Å². The number of halogens is 2. The van der Waals surface area contributed by atoms with Crippen molar-refractivity contribution in [1.29, 1.82) is 0 Å². The Hall–Kier alpha value is -1.98. The van der Waals surface area contributed by atoms with E-state index in [4.69, 9.17) is 10.6 Å². The van der Waals surface area contributed by atoms with Crippen LogP contribution in [0, 0.1) is 18.6 Å². The molecular formula is C15H16F2N2O. The molecular weight excluding hydrogens is 262 g/mol. The molecule has 0 saturated heterocycles. The largest absolute Gasteiger partial charge is 0.497 e. The van der Waals surface area contributed by atoms with Gasteiger partial charge in [-0.05, 0) is 47.9 Å². The molecule has 0 heterocycles. The van der Waals surface area contributed by atoms with Crippen LogP contribution >= 0.6 is 0 Å². The highest BCUT2D eigenvalue weighted by Crippen LogP contribution is 2.28. The summed E-state index contributed by atoms with van der Waals surface area (Å²) in [7, 11) is 1.58. The first-order valence-electron chi connectivity index (χ1n) is 6.12. The molecule has 2 aromatic rings. The number of hydrazine groups is 1. The third kappa shape index (κ3) is 2.95. The van der Waals surface area contributed by atoms with Gasteiger partial charge in [0.2, 0.25) is 0 Å². The van der Waals surface area contributed by atoms with E-state index in [0.717, 1.165) is 17.2 Å². The van der Waals surface area contributed by atoms with Gasteiger partial charge in [-0.15, -0.1) is 0 Å². The Balaban J connectivity index is 2.46. The van der Waals surface area contributed by atoms with E-state index in [1.54, 1.807) is 13.2 Å². The lowest BCUT2D eigenvalue weighted by atomic mass is 9.95. The second-order valence-corrected chi connectivity index (χ2v) is 4.52. The zero-order chi connectivity index (χ0) is 14.7. The number of hydrogen-bond donors (Lipinski definition) is 2. The second-order valence-electron chi connectivity index (χ2n) is 4.52. The van der Waals surface area contributed by atoms with Crippen LogP contribution < -0.4 is 16.0 Å². The van der Waals surface area contributed by atoms with Crippen LogP contribution in [0.1, 0.15) is 22.7 Å². The van der Waals surface area contributed by atoms with Crippen molar-refractivity contribution in [2.45, 2.75) is 13.0 Å². The zero-order valence-corrected chi connectivity index (χ0v) is 11.3. The van der Waals surface area contributed by atoms with Gasteiger partial charge in [-0.2, -0.15) is 0 Å². The third-order valence-electron chi connectivity index (χ3n) is 3.17. The molecule has 0 amide bonds. The predicted octanol–water partition coefficient (Wildman–Crippen LogP) is 2.83. The normalized spacial score (nSPS) is 12.2. The molecule has 0 spiro atoms. The molecule has 0 bridgehead atoms. The summed E-state index contributed by atoms with van der Waals surface area (Å²) in [6, 6.07) is 8.30. The number of ether oxygens (including phenoxy) is 1. The molecule has 2 aromatic carbocycles. The van der Waals surface area contributed by atoms with Crippen molar-refractivity contribution in [3.05, 3.63) is 64.7 Å². The molecule has 2 rings (SSSR count). The Morgan fingerprint density at radius 2 is 1.75 bits per heavy atom. The Bertz CT molecular complexity index is 597. The van der Waals surface area contributed by atoms with E-state index in [-0.39, 0.29) is 0 Å². The van der Waals surface area contributed by atoms with E-state index in [2.05, 4.69) is 5.43 Å². The molecule has 106 valence electrons. The minimum atomic E-state index is -0.633. The van der Waals surface area contributed by atoms with Crippen molar-refractivity contribution in [3.63, 3.8) is 0 Å². The summed E-state index contributed by atoms with van der Waals surface area (Å²) in [5.41, 5.74) is 4.77. The summed E-state index contributed by atoms with van der Waals surface area (Å²) in [4.78, 5) is 0. The third-order valence-corrected chi connectivity index (χ3v) is 3.17. The molecule has 5 heteroatoms. The van der Waals surface area contributed by atoms with Crippen molar-refractivity contribution in [3.8, 4) is 5.75 Å². The minimum Gasteiger partial charge on any atom is -0.497 e. The lowest BCUT2D eigenvalue weighted by Crippen LogP contribution is -2.29. The molecule has 20 heavy (non-hydrogen) atoms. The van der Waals surface area contributed by atoms with Crippen LogP contribution in [-0.4, -0.2) is 7.11 Å². The minimum absolute atomic E-state index is 0.429. The molecule has 0 fully saturated rings. The fraction of sp³-hybridized carbons (Fsp3) is 0.200. The maximum atomic E-state index is 13.3.